The van der Waals surface area contributed by atoms with E-state index in [1.807, 2.05) is 20.8 Å². The maximum atomic E-state index is 11.9. The molecule has 0 bridgehead atoms. The van der Waals surface area contributed by atoms with Crippen molar-refractivity contribution in [2.75, 3.05) is 20.2 Å². The zero-order chi connectivity index (χ0) is 15.3. The second kappa shape index (κ2) is 6.85. The van der Waals surface area contributed by atoms with Crippen LogP contribution >= 0.6 is 0 Å². The van der Waals surface area contributed by atoms with Gasteiger partial charge in [0.05, 0.1) is 25.4 Å². The van der Waals surface area contributed by atoms with E-state index < -0.39 is 12.0 Å². The van der Waals surface area contributed by atoms with Crippen LogP contribution in [0.5, 0.6) is 0 Å². The van der Waals surface area contributed by atoms with Gasteiger partial charge in [-0.25, -0.2) is 4.79 Å². The quantitative estimate of drug-likeness (QED) is 0.711. The van der Waals surface area contributed by atoms with Crippen molar-refractivity contribution >= 4 is 11.8 Å². The summed E-state index contributed by atoms with van der Waals surface area (Å²) in [4.78, 5) is 23.3. The molecule has 0 aromatic rings. The lowest BCUT2D eigenvalue weighted by atomic mass is 10.1. The lowest BCUT2D eigenvalue weighted by molar-refractivity contribution is -0.150. The highest BCUT2D eigenvalue weighted by molar-refractivity contribution is 5.93. The van der Waals surface area contributed by atoms with Crippen molar-refractivity contribution in [1.82, 2.24) is 10.6 Å². The molecule has 2 N–H and O–H groups in total. The molecule has 20 heavy (non-hydrogen) atoms. The van der Waals surface area contributed by atoms with Crippen LogP contribution in [0.15, 0.2) is 11.8 Å². The third-order valence-corrected chi connectivity index (χ3v) is 2.75. The Morgan fingerprint density at radius 3 is 2.55 bits per heavy atom. The van der Waals surface area contributed by atoms with Crippen LogP contribution in [0, 0.1) is 0 Å². The van der Waals surface area contributed by atoms with Crippen molar-refractivity contribution < 1.29 is 19.1 Å². The predicted molar refractivity (Wildman–Crippen MR) is 75.2 cm³/mol. The molecule has 0 aromatic carbocycles. The first kappa shape index (κ1) is 16.7. The van der Waals surface area contributed by atoms with Gasteiger partial charge in [0.15, 0.2) is 11.8 Å². The zero-order valence-electron chi connectivity index (χ0n) is 12.8. The number of rotatable bonds is 5. The highest BCUT2D eigenvalue weighted by atomic mass is 16.5. The summed E-state index contributed by atoms with van der Waals surface area (Å²) in [6, 6.07) is -0.654. The Labute approximate surface area is 119 Å². The molecule has 0 radical (unpaired) electrons. The molecule has 0 amide bonds. The average molecular weight is 284 g/mol. The number of hydrogen-bond donors (Lipinski definition) is 2. The van der Waals surface area contributed by atoms with Crippen molar-refractivity contribution in [2.24, 2.45) is 0 Å². The van der Waals surface area contributed by atoms with Crippen LogP contribution in [0.1, 0.15) is 27.7 Å². The molecule has 1 heterocycles. The third kappa shape index (κ3) is 5.30. The molecule has 1 aliphatic rings. The fraction of sp³-hybridized carbons (Fsp3) is 0.714. The van der Waals surface area contributed by atoms with Gasteiger partial charge in [0.2, 0.25) is 0 Å². The molecule has 0 fully saturated rings. The van der Waals surface area contributed by atoms with Crippen LogP contribution in [-0.4, -0.2) is 49.7 Å². The summed E-state index contributed by atoms with van der Waals surface area (Å²) in [7, 11) is 1.33. The lowest BCUT2D eigenvalue weighted by Gasteiger charge is -2.31. The Morgan fingerprint density at radius 1 is 1.40 bits per heavy atom. The fourth-order valence-corrected chi connectivity index (χ4v) is 2.03. The van der Waals surface area contributed by atoms with Gasteiger partial charge in [-0.3, -0.25) is 4.79 Å². The van der Waals surface area contributed by atoms with Gasteiger partial charge in [0.25, 0.3) is 0 Å². The van der Waals surface area contributed by atoms with Gasteiger partial charge in [-0.1, -0.05) is 0 Å². The van der Waals surface area contributed by atoms with Gasteiger partial charge in [-0.05, 0) is 27.7 Å². The van der Waals surface area contributed by atoms with Crippen molar-refractivity contribution in [2.45, 2.75) is 45.4 Å². The predicted octanol–water partition coefficient (Wildman–Crippen LogP) is 0.377. The topological polar surface area (TPSA) is 76.7 Å². The Morgan fingerprint density at radius 2 is 2.05 bits per heavy atom. The molecule has 114 valence electrons. The molecule has 6 nitrogen and oxygen atoms in total. The summed E-state index contributed by atoms with van der Waals surface area (Å²) >= 11 is 0. The van der Waals surface area contributed by atoms with Gasteiger partial charge in [-0.2, -0.15) is 0 Å². The van der Waals surface area contributed by atoms with Crippen LogP contribution in [0.4, 0.5) is 0 Å². The number of nitrogens with one attached hydrogen (secondary N) is 2. The molecule has 6 heteroatoms. The minimum Gasteiger partial charge on any atom is -0.467 e. The Balaban J connectivity index is 2.79. The molecule has 0 aromatic heterocycles. The molecular formula is C14H24N2O4. The second-order valence-corrected chi connectivity index (χ2v) is 5.82. The molecule has 0 saturated carbocycles. The van der Waals surface area contributed by atoms with E-state index in [1.54, 1.807) is 6.92 Å². The molecule has 1 rings (SSSR count). The van der Waals surface area contributed by atoms with Crippen LogP contribution in [0.2, 0.25) is 0 Å². The van der Waals surface area contributed by atoms with Crippen molar-refractivity contribution in [3.8, 4) is 0 Å². The Hall–Kier alpha value is -1.40. The van der Waals surface area contributed by atoms with E-state index in [2.05, 4.69) is 10.6 Å². The van der Waals surface area contributed by atoms with Gasteiger partial charge >= 0.3 is 5.97 Å². The number of hydrogen-bond acceptors (Lipinski definition) is 6. The van der Waals surface area contributed by atoms with E-state index in [0.29, 0.717) is 18.8 Å². The molecule has 0 spiro atoms. The Bertz CT molecular complexity index is 398. The number of ether oxygens (including phenoxy) is 2. The van der Waals surface area contributed by atoms with Crippen molar-refractivity contribution in [1.29, 1.82) is 0 Å². The maximum absolute atomic E-state index is 11.9. The third-order valence-electron chi connectivity index (χ3n) is 2.75. The summed E-state index contributed by atoms with van der Waals surface area (Å²) in [6.45, 7) is 8.40. The van der Waals surface area contributed by atoms with Crippen LogP contribution in [-0.2, 0) is 19.1 Å². The second-order valence-electron chi connectivity index (χ2n) is 5.82. The van der Waals surface area contributed by atoms with E-state index in [-0.39, 0.29) is 17.5 Å². The highest BCUT2D eigenvalue weighted by Gasteiger charge is 2.30. The van der Waals surface area contributed by atoms with E-state index in [0.717, 1.165) is 0 Å². The summed E-state index contributed by atoms with van der Waals surface area (Å²) in [5.74, 6) is -0.438. The average Bonchev–Trinajstić information content (AvgIpc) is 2.33. The van der Waals surface area contributed by atoms with Gasteiger partial charge in [0, 0.05) is 18.3 Å². The number of carbonyl (C=O) groups is 2. The number of carbonyl (C=O) groups excluding carboxylic acids is 2. The van der Waals surface area contributed by atoms with Gasteiger partial charge < -0.3 is 20.1 Å². The summed E-state index contributed by atoms with van der Waals surface area (Å²) < 4.78 is 10.6. The minimum absolute atomic E-state index is 0.0215. The van der Waals surface area contributed by atoms with E-state index in [9.17, 15) is 9.59 Å². The lowest BCUT2D eigenvalue weighted by Crippen LogP contribution is -2.50. The molecule has 2 atom stereocenters. The number of methoxy groups -OCH3 is 1. The smallest absolute Gasteiger partial charge is 0.330 e. The first-order valence-electron chi connectivity index (χ1n) is 6.69. The van der Waals surface area contributed by atoms with E-state index >= 15 is 0 Å². The standard InChI is InChI=1S/C14H24N2O4/c1-9(20-14(2,3)4)12(13(18)19-5)16-10-6-11(17)8-15-7-10/h6,9,12,15-16H,7-8H2,1-5H3/t9-,12+/m1/s1. The molecule has 0 saturated heterocycles. The first-order chi connectivity index (χ1) is 9.23. The largest absolute Gasteiger partial charge is 0.467 e. The minimum atomic E-state index is -0.654. The van der Waals surface area contributed by atoms with Crippen LogP contribution in [0.25, 0.3) is 0 Å². The molecule has 0 aliphatic carbocycles. The SMILES string of the molecule is COC(=O)[C@@H](NC1=CC(=O)CNC1)[C@@H](C)OC(C)(C)C. The number of ketones is 1. The summed E-state index contributed by atoms with van der Waals surface area (Å²) in [5.41, 5.74) is 0.295. The molecular weight excluding hydrogens is 260 g/mol. The molecule has 1 aliphatic heterocycles. The fourth-order valence-electron chi connectivity index (χ4n) is 2.03. The monoisotopic (exact) mass is 284 g/mol. The normalized spacial score (nSPS) is 19.1. The van der Waals surface area contributed by atoms with Crippen molar-refractivity contribution in [3.05, 3.63) is 11.8 Å². The zero-order valence-corrected chi connectivity index (χ0v) is 12.8. The summed E-state index contributed by atoms with van der Waals surface area (Å²) in [6.07, 6.45) is 1.12. The Kier molecular flexibility index (Phi) is 5.71. The van der Waals surface area contributed by atoms with Crippen molar-refractivity contribution in [3.63, 3.8) is 0 Å². The van der Waals surface area contributed by atoms with Gasteiger partial charge in [-0.15, -0.1) is 0 Å². The van der Waals surface area contributed by atoms with E-state index in [4.69, 9.17) is 9.47 Å². The summed E-state index contributed by atoms with van der Waals surface area (Å²) in [5, 5.41) is 6.00. The molecule has 0 unspecified atom stereocenters. The highest BCUT2D eigenvalue weighted by Crippen LogP contribution is 2.14. The van der Waals surface area contributed by atoms with Crippen LogP contribution < -0.4 is 10.6 Å². The number of esters is 1. The van der Waals surface area contributed by atoms with E-state index in [1.165, 1.54) is 13.2 Å². The first-order valence-corrected chi connectivity index (χ1v) is 6.69. The van der Waals surface area contributed by atoms with Crippen LogP contribution in [0.3, 0.4) is 0 Å². The van der Waals surface area contributed by atoms with Gasteiger partial charge in [0.1, 0.15) is 0 Å². The maximum Gasteiger partial charge on any atom is 0.330 e.